The average molecular weight is 264 g/mol. The average Bonchev–Trinajstić information content (AvgIpc) is 2.79. The molecule has 1 atom stereocenters. The molecule has 18 heavy (non-hydrogen) atoms. The summed E-state index contributed by atoms with van der Waals surface area (Å²) in [7, 11) is 0. The van der Waals surface area contributed by atoms with E-state index >= 15 is 0 Å². The summed E-state index contributed by atoms with van der Waals surface area (Å²) in [5.74, 6) is -1.48. The smallest absolute Gasteiger partial charge is 0.327 e. The van der Waals surface area contributed by atoms with Crippen molar-refractivity contribution in [2.24, 2.45) is 0 Å². The summed E-state index contributed by atoms with van der Waals surface area (Å²) in [6.45, 7) is 0. The number of nitrogens with one attached hydrogen (secondary N) is 2. The number of aromatic amines is 1. The molecule has 2 aromatic rings. The van der Waals surface area contributed by atoms with Gasteiger partial charge in [-0.3, -0.25) is 4.79 Å². The van der Waals surface area contributed by atoms with Gasteiger partial charge in [0.25, 0.3) is 5.91 Å². The third kappa shape index (κ3) is 2.33. The fourth-order valence-electron chi connectivity index (χ4n) is 1.68. The number of rotatable bonds is 4. The molecule has 0 aliphatic heterocycles. The highest BCUT2D eigenvalue weighted by Gasteiger charge is 2.20. The molecule has 1 aromatic heterocycles. The third-order valence-electron chi connectivity index (χ3n) is 2.62. The predicted molar refractivity (Wildman–Crippen MR) is 71.0 cm³/mol. The molecule has 1 heterocycles. The van der Waals surface area contributed by atoms with Crippen LogP contribution in [0.2, 0.25) is 0 Å². The minimum atomic E-state index is -1.10. The van der Waals surface area contributed by atoms with Crippen LogP contribution >= 0.6 is 12.6 Å². The highest BCUT2D eigenvalue weighted by atomic mass is 32.1. The van der Waals surface area contributed by atoms with Crippen LogP contribution in [0, 0.1) is 0 Å². The number of fused-ring (bicyclic) bond motifs is 1. The van der Waals surface area contributed by atoms with Gasteiger partial charge < -0.3 is 15.4 Å². The van der Waals surface area contributed by atoms with Crippen LogP contribution in [0.4, 0.5) is 0 Å². The highest BCUT2D eigenvalue weighted by molar-refractivity contribution is 7.80. The predicted octanol–water partition coefficient (Wildman–Crippen LogP) is 1.28. The maximum atomic E-state index is 12.0. The zero-order chi connectivity index (χ0) is 13.1. The normalized spacial score (nSPS) is 12.3. The number of amides is 1. The van der Waals surface area contributed by atoms with E-state index in [2.05, 4.69) is 22.9 Å². The van der Waals surface area contributed by atoms with Gasteiger partial charge >= 0.3 is 5.97 Å². The van der Waals surface area contributed by atoms with Crippen molar-refractivity contribution < 1.29 is 14.7 Å². The molecule has 94 valence electrons. The van der Waals surface area contributed by atoms with E-state index in [1.165, 1.54) is 0 Å². The van der Waals surface area contributed by atoms with E-state index in [0.29, 0.717) is 5.56 Å². The zero-order valence-electron chi connectivity index (χ0n) is 9.38. The van der Waals surface area contributed by atoms with Crippen LogP contribution in [0.15, 0.2) is 30.5 Å². The van der Waals surface area contributed by atoms with Crippen LogP contribution in [0.25, 0.3) is 10.9 Å². The molecule has 0 radical (unpaired) electrons. The Hall–Kier alpha value is -1.95. The van der Waals surface area contributed by atoms with E-state index in [1.54, 1.807) is 12.3 Å². The molecule has 5 nitrogen and oxygen atoms in total. The lowest BCUT2D eigenvalue weighted by atomic mass is 10.1. The van der Waals surface area contributed by atoms with Crippen LogP contribution in [-0.2, 0) is 4.79 Å². The Morgan fingerprint density at radius 2 is 2.11 bits per heavy atom. The number of aromatic nitrogens is 1. The maximum Gasteiger partial charge on any atom is 0.327 e. The van der Waals surface area contributed by atoms with Gasteiger partial charge in [-0.05, 0) is 6.07 Å². The third-order valence-corrected chi connectivity index (χ3v) is 2.99. The molecular formula is C12H12N2O3S. The van der Waals surface area contributed by atoms with E-state index in [-0.39, 0.29) is 5.75 Å². The van der Waals surface area contributed by atoms with Crippen LogP contribution in [0.5, 0.6) is 0 Å². The van der Waals surface area contributed by atoms with Gasteiger partial charge in [-0.2, -0.15) is 12.6 Å². The van der Waals surface area contributed by atoms with Crippen molar-refractivity contribution in [3.8, 4) is 0 Å². The Morgan fingerprint density at radius 3 is 2.78 bits per heavy atom. The second kappa shape index (κ2) is 5.14. The number of para-hydroxylation sites is 1. The Bertz CT molecular complexity index is 594. The van der Waals surface area contributed by atoms with E-state index in [0.717, 1.165) is 10.9 Å². The first-order valence-corrected chi connectivity index (χ1v) is 5.97. The summed E-state index contributed by atoms with van der Waals surface area (Å²) in [5, 5.41) is 12.0. The molecular weight excluding hydrogens is 252 g/mol. The van der Waals surface area contributed by atoms with E-state index in [4.69, 9.17) is 5.11 Å². The lowest BCUT2D eigenvalue weighted by Gasteiger charge is -2.11. The van der Waals surface area contributed by atoms with Gasteiger partial charge in [0, 0.05) is 22.9 Å². The first kappa shape index (κ1) is 12.5. The molecule has 0 fully saturated rings. The van der Waals surface area contributed by atoms with Crippen LogP contribution in [-0.4, -0.2) is 33.8 Å². The lowest BCUT2D eigenvalue weighted by Crippen LogP contribution is -2.42. The molecule has 0 unspecified atom stereocenters. The summed E-state index contributed by atoms with van der Waals surface area (Å²) >= 11 is 3.90. The van der Waals surface area contributed by atoms with Crippen molar-refractivity contribution in [2.75, 3.05) is 5.75 Å². The summed E-state index contributed by atoms with van der Waals surface area (Å²) in [5.41, 5.74) is 1.26. The minimum Gasteiger partial charge on any atom is -0.480 e. The standard InChI is InChI=1S/C12H12N2O3S/c15-11(14-10(6-18)12(16)17)8-5-13-9-4-2-1-3-7(8)9/h1-5,10,13,18H,6H2,(H,14,15)(H,16,17)/t10-/m0/s1. The van der Waals surface area contributed by atoms with Gasteiger partial charge in [-0.15, -0.1) is 0 Å². The number of carboxylic acid groups (broad SMARTS) is 1. The molecule has 1 amide bonds. The van der Waals surface area contributed by atoms with Crippen molar-refractivity contribution in [1.82, 2.24) is 10.3 Å². The molecule has 0 saturated carbocycles. The highest BCUT2D eigenvalue weighted by Crippen LogP contribution is 2.17. The van der Waals surface area contributed by atoms with Gasteiger partial charge in [0.1, 0.15) is 6.04 Å². The van der Waals surface area contributed by atoms with Crippen molar-refractivity contribution >= 4 is 35.4 Å². The molecule has 6 heteroatoms. The largest absolute Gasteiger partial charge is 0.480 e. The second-order valence-corrected chi connectivity index (χ2v) is 4.16. The number of hydrogen-bond acceptors (Lipinski definition) is 3. The molecule has 0 aliphatic carbocycles. The maximum absolute atomic E-state index is 12.0. The van der Waals surface area contributed by atoms with E-state index < -0.39 is 17.9 Å². The zero-order valence-corrected chi connectivity index (χ0v) is 10.3. The summed E-state index contributed by atoms with van der Waals surface area (Å²) in [4.78, 5) is 25.8. The molecule has 0 spiro atoms. The summed E-state index contributed by atoms with van der Waals surface area (Å²) < 4.78 is 0. The lowest BCUT2D eigenvalue weighted by molar-refractivity contribution is -0.138. The second-order valence-electron chi connectivity index (χ2n) is 3.79. The molecule has 1 aromatic carbocycles. The topological polar surface area (TPSA) is 82.2 Å². The molecule has 0 aliphatic rings. The Labute approximate surface area is 109 Å². The van der Waals surface area contributed by atoms with Crippen LogP contribution in [0.1, 0.15) is 10.4 Å². The van der Waals surface area contributed by atoms with Gasteiger partial charge in [0.2, 0.25) is 0 Å². The quantitative estimate of drug-likeness (QED) is 0.628. The van der Waals surface area contributed by atoms with Crippen molar-refractivity contribution in [2.45, 2.75) is 6.04 Å². The number of carboxylic acids is 1. The van der Waals surface area contributed by atoms with Crippen molar-refractivity contribution in [3.63, 3.8) is 0 Å². The van der Waals surface area contributed by atoms with Crippen LogP contribution in [0.3, 0.4) is 0 Å². The van der Waals surface area contributed by atoms with Crippen molar-refractivity contribution in [3.05, 3.63) is 36.0 Å². The molecule has 0 bridgehead atoms. The summed E-state index contributed by atoms with van der Waals surface area (Å²) in [6, 6.07) is 6.33. The Kier molecular flexibility index (Phi) is 3.57. The SMILES string of the molecule is O=C(N[C@@H](CS)C(=O)O)c1c[nH]c2ccccc12. The fraction of sp³-hybridized carbons (Fsp3) is 0.167. The summed E-state index contributed by atoms with van der Waals surface area (Å²) in [6.07, 6.45) is 1.57. The molecule has 0 saturated heterocycles. The number of carbonyl (C=O) groups is 2. The Morgan fingerprint density at radius 1 is 1.39 bits per heavy atom. The van der Waals surface area contributed by atoms with Gasteiger partial charge in [0.15, 0.2) is 0 Å². The number of carbonyl (C=O) groups excluding carboxylic acids is 1. The number of thiol groups is 1. The van der Waals surface area contributed by atoms with E-state index in [9.17, 15) is 9.59 Å². The monoisotopic (exact) mass is 264 g/mol. The number of hydrogen-bond donors (Lipinski definition) is 4. The van der Waals surface area contributed by atoms with Crippen LogP contribution < -0.4 is 5.32 Å². The number of benzene rings is 1. The number of H-pyrrole nitrogens is 1. The first-order chi connectivity index (χ1) is 8.63. The molecule has 3 N–H and O–H groups in total. The van der Waals surface area contributed by atoms with Crippen molar-refractivity contribution in [1.29, 1.82) is 0 Å². The van der Waals surface area contributed by atoms with Gasteiger partial charge in [-0.1, -0.05) is 18.2 Å². The number of aliphatic carboxylic acids is 1. The fourth-order valence-corrected chi connectivity index (χ4v) is 1.93. The van der Waals surface area contributed by atoms with Gasteiger partial charge in [0.05, 0.1) is 5.56 Å². The molecule has 2 rings (SSSR count). The Balaban J connectivity index is 2.26. The first-order valence-electron chi connectivity index (χ1n) is 5.34. The van der Waals surface area contributed by atoms with E-state index in [1.807, 2.05) is 18.2 Å². The minimum absolute atomic E-state index is 0.0451. The van der Waals surface area contributed by atoms with Gasteiger partial charge in [-0.25, -0.2) is 4.79 Å².